The fraction of sp³-hybridized carbons (Fsp3) is 0.429. The second kappa shape index (κ2) is 7.71. The van der Waals surface area contributed by atoms with Crippen LogP contribution < -0.4 is 0 Å². The van der Waals surface area contributed by atoms with Gasteiger partial charge in [-0.05, 0) is 63.7 Å². The molecule has 2 heterocycles. The number of epoxide rings is 2. The normalized spacial score (nSPS) is 21.3. The maximum absolute atomic E-state index is 12.5. The van der Waals surface area contributed by atoms with Crippen molar-refractivity contribution in [2.24, 2.45) is 0 Å². The summed E-state index contributed by atoms with van der Waals surface area (Å²) in [5.41, 5.74) is 0.165. The van der Waals surface area contributed by atoms with Crippen molar-refractivity contribution in [1.29, 1.82) is 0 Å². The van der Waals surface area contributed by atoms with Crippen molar-refractivity contribution in [2.45, 2.75) is 12.2 Å². The molecule has 2 atom stereocenters. The molecule has 0 amide bonds. The van der Waals surface area contributed by atoms with Crippen molar-refractivity contribution in [3.05, 3.63) is 29.0 Å². The standard InChI is InChI=1S/C14H10Br4O6/c15-9-7(13(19)23-3-5-1-21-5)8(10(16)12(18)11(9)17)14(20)24-4-6-2-22-6/h5-6H,1-4H2. The van der Waals surface area contributed by atoms with Crippen LogP contribution in [0.1, 0.15) is 20.7 Å². The molecule has 6 nitrogen and oxygen atoms in total. The van der Waals surface area contributed by atoms with Crippen LogP contribution in [-0.4, -0.2) is 50.6 Å². The van der Waals surface area contributed by atoms with Crippen LogP contribution in [0, 0.1) is 0 Å². The summed E-state index contributed by atoms with van der Waals surface area (Å²) in [6, 6.07) is 0. The Balaban J connectivity index is 1.92. The van der Waals surface area contributed by atoms with Gasteiger partial charge in [0.1, 0.15) is 25.4 Å². The van der Waals surface area contributed by atoms with Gasteiger partial charge in [-0.15, -0.1) is 0 Å². The van der Waals surface area contributed by atoms with Crippen LogP contribution in [0.2, 0.25) is 0 Å². The van der Waals surface area contributed by atoms with E-state index in [0.717, 1.165) is 0 Å². The lowest BCUT2D eigenvalue weighted by Crippen LogP contribution is -2.19. The van der Waals surface area contributed by atoms with Crippen LogP contribution in [0.3, 0.4) is 0 Å². The summed E-state index contributed by atoms with van der Waals surface area (Å²) in [7, 11) is 0. The van der Waals surface area contributed by atoms with E-state index >= 15 is 0 Å². The quantitative estimate of drug-likeness (QED) is 0.216. The number of esters is 2. The first-order chi connectivity index (χ1) is 11.4. The minimum atomic E-state index is -0.638. The van der Waals surface area contributed by atoms with Gasteiger partial charge >= 0.3 is 11.9 Å². The van der Waals surface area contributed by atoms with E-state index in [9.17, 15) is 9.59 Å². The predicted octanol–water partition coefficient (Wildman–Crippen LogP) is 3.85. The molecule has 2 aliphatic rings. The molecule has 0 N–H and O–H groups in total. The Morgan fingerprint density at radius 2 is 1.12 bits per heavy atom. The highest BCUT2D eigenvalue weighted by molar-refractivity contribution is 9.15. The molecule has 0 radical (unpaired) electrons. The van der Waals surface area contributed by atoms with Crippen molar-refractivity contribution >= 4 is 75.7 Å². The molecule has 0 aliphatic carbocycles. The number of hydrogen-bond donors (Lipinski definition) is 0. The van der Waals surface area contributed by atoms with Crippen LogP contribution in [0.5, 0.6) is 0 Å². The molecular weight excluding hydrogens is 584 g/mol. The Bertz CT molecular complexity index is 640. The molecule has 24 heavy (non-hydrogen) atoms. The van der Waals surface area contributed by atoms with Gasteiger partial charge in [-0.25, -0.2) is 9.59 Å². The van der Waals surface area contributed by atoms with Crippen molar-refractivity contribution in [3.63, 3.8) is 0 Å². The van der Waals surface area contributed by atoms with Gasteiger partial charge in [-0.2, -0.15) is 0 Å². The molecule has 2 saturated heterocycles. The van der Waals surface area contributed by atoms with E-state index in [0.29, 0.717) is 31.1 Å². The Morgan fingerprint density at radius 1 is 0.792 bits per heavy atom. The smallest absolute Gasteiger partial charge is 0.340 e. The number of carbonyl (C=O) groups is 2. The van der Waals surface area contributed by atoms with E-state index in [1.54, 1.807) is 0 Å². The van der Waals surface area contributed by atoms with E-state index < -0.39 is 11.9 Å². The number of hydrogen-bond acceptors (Lipinski definition) is 6. The number of benzene rings is 1. The molecule has 0 aromatic heterocycles. The number of ether oxygens (including phenoxy) is 4. The van der Waals surface area contributed by atoms with Crippen molar-refractivity contribution in [2.75, 3.05) is 26.4 Å². The largest absolute Gasteiger partial charge is 0.459 e. The third kappa shape index (κ3) is 4.21. The molecule has 1 aromatic carbocycles. The second-order valence-electron chi connectivity index (χ2n) is 5.11. The van der Waals surface area contributed by atoms with E-state index in [4.69, 9.17) is 18.9 Å². The Hall–Kier alpha value is -0.000000000000000187. The Labute approximate surface area is 171 Å². The monoisotopic (exact) mass is 590 g/mol. The van der Waals surface area contributed by atoms with Gasteiger partial charge in [0.15, 0.2) is 0 Å². The summed E-state index contributed by atoms with van der Waals surface area (Å²) in [4.78, 5) is 25.0. The molecule has 0 bridgehead atoms. The topological polar surface area (TPSA) is 77.7 Å². The van der Waals surface area contributed by atoms with Crippen LogP contribution >= 0.6 is 63.7 Å². The summed E-state index contributed by atoms with van der Waals surface area (Å²) in [6.07, 6.45) is -0.144. The van der Waals surface area contributed by atoms with Crippen LogP contribution in [0.15, 0.2) is 17.9 Å². The summed E-state index contributed by atoms with van der Waals surface area (Å²) >= 11 is 13.4. The molecule has 2 fully saturated rings. The Kier molecular flexibility index (Phi) is 6.03. The fourth-order valence-corrected chi connectivity index (χ4v) is 4.27. The maximum atomic E-state index is 12.5. The predicted molar refractivity (Wildman–Crippen MR) is 97.3 cm³/mol. The highest BCUT2D eigenvalue weighted by Crippen LogP contribution is 2.42. The van der Waals surface area contributed by atoms with Gasteiger partial charge in [0, 0.05) is 17.9 Å². The van der Waals surface area contributed by atoms with E-state index in [1.807, 2.05) is 0 Å². The molecule has 130 valence electrons. The molecule has 3 rings (SSSR count). The minimum absolute atomic E-state index is 0.0718. The lowest BCUT2D eigenvalue weighted by Gasteiger charge is -2.15. The third-order valence-electron chi connectivity index (χ3n) is 3.28. The zero-order chi connectivity index (χ0) is 17.4. The zero-order valence-electron chi connectivity index (χ0n) is 11.9. The van der Waals surface area contributed by atoms with Crippen LogP contribution in [0.25, 0.3) is 0 Å². The zero-order valence-corrected chi connectivity index (χ0v) is 18.3. The van der Waals surface area contributed by atoms with Gasteiger partial charge in [0.25, 0.3) is 0 Å². The summed E-state index contributed by atoms with van der Waals surface area (Å²) in [5, 5.41) is 0. The molecule has 2 aliphatic heterocycles. The number of halogens is 4. The van der Waals surface area contributed by atoms with Crippen molar-refractivity contribution in [3.8, 4) is 0 Å². The van der Waals surface area contributed by atoms with Gasteiger partial charge < -0.3 is 18.9 Å². The van der Waals surface area contributed by atoms with E-state index in [-0.39, 0.29) is 36.5 Å². The molecule has 10 heteroatoms. The molecule has 2 unspecified atom stereocenters. The van der Waals surface area contributed by atoms with Gasteiger partial charge in [-0.1, -0.05) is 0 Å². The fourth-order valence-electron chi connectivity index (χ4n) is 1.83. The van der Waals surface area contributed by atoms with E-state index in [2.05, 4.69) is 63.7 Å². The average molecular weight is 594 g/mol. The average Bonchev–Trinajstić information content (AvgIpc) is 3.45. The van der Waals surface area contributed by atoms with Crippen molar-refractivity contribution < 1.29 is 28.5 Å². The maximum Gasteiger partial charge on any atom is 0.340 e. The first-order valence-corrected chi connectivity index (χ1v) is 10.0. The summed E-state index contributed by atoms with van der Waals surface area (Å²) < 4.78 is 22.4. The SMILES string of the molecule is O=C(OCC1CO1)c1c(Br)c(Br)c(Br)c(Br)c1C(=O)OCC1CO1. The highest BCUT2D eigenvalue weighted by atomic mass is 79.9. The lowest BCUT2D eigenvalue weighted by atomic mass is 10.1. The van der Waals surface area contributed by atoms with Gasteiger partial charge in [0.05, 0.1) is 24.3 Å². The highest BCUT2D eigenvalue weighted by Gasteiger charge is 2.33. The minimum Gasteiger partial charge on any atom is -0.459 e. The molecule has 0 saturated carbocycles. The summed E-state index contributed by atoms with van der Waals surface area (Å²) in [5.74, 6) is -1.28. The first-order valence-electron chi connectivity index (χ1n) is 6.83. The van der Waals surface area contributed by atoms with Gasteiger partial charge in [0.2, 0.25) is 0 Å². The van der Waals surface area contributed by atoms with Gasteiger partial charge in [-0.3, -0.25) is 0 Å². The second-order valence-corrected chi connectivity index (χ2v) is 8.29. The molecule has 1 aromatic rings. The summed E-state index contributed by atoms with van der Waals surface area (Å²) in [6.45, 7) is 1.42. The van der Waals surface area contributed by atoms with E-state index in [1.165, 1.54) is 0 Å². The Morgan fingerprint density at radius 3 is 1.42 bits per heavy atom. The number of rotatable bonds is 6. The third-order valence-corrected chi connectivity index (χ3v) is 8.05. The first kappa shape index (κ1) is 18.8. The van der Waals surface area contributed by atoms with Crippen LogP contribution in [-0.2, 0) is 18.9 Å². The molecule has 0 spiro atoms. The lowest BCUT2D eigenvalue weighted by molar-refractivity contribution is 0.0428. The van der Waals surface area contributed by atoms with Crippen LogP contribution in [0.4, 0.5) is 0 Å². The number of carbonyl (C=O) groups excluding carboxylic acids is 2. The van der Waals surface area contributed by atoms with Crippen molar-refractivity contribution in [1.82, 2.24) is 0 Å². The molecular formula is C14H10Br4O6.